The van der Waals surface area contributed by atoms with Crippen molar-refractivity contribution in [2.45, 2.75) is 20.3 Å². The van der Waals surface area contributed by atoms with Gasteiger partial charge in [-0.25, -0.2) is 9.82 Å². The summed E-state index contributed by atoms with van der Waals surface area (Å²) in [6.45, 7) is 3.96. The highest BCUT2D eigenvalue weighted by Crippen LogP contribution is 2.08. The van der Waals surface area contributed by atoms with Crippen LogP contribution >= 0.6 is 0 Å². The van der Waals surface area contributed by atoms with Crippen LogP contribution in [0.25, 0.3) is 0 Å². The van der Waals surface area contributed by atoms with E-state index in [1.54, 1.807) is 12.1 Å². The average molecular weight is 284 g/mol. The molecular formula is C17H17FN2O. The number of benzene rings is 2. The summed E-state index contributed by atoms with van der Waals surface area (Å²) in [5.74, 6) is -1.11. The fourth-order valence-electron chi connectivity index (χ4n) is 1.92. The molecule has 0 fully saturated rings. The van der Waals surface area contributed by atoms with Gasteiger partial charge in [-0.15, -0.1) is 0 Å². The number of carbonyl (C=O) groups excluding carboxylic acids is 1. The number of rotatable bonds is 4. The molecule has 2 rings (SSSR count). The molecule has 3 nitrogen and oxygen atoms in total. The van der Waals surface area contributed by atoms with E-state index in [2.05, 4.69) is 10.5 Å². The van der Waals surface area contributed by atoms with Crippen molar-refractivity contribution < 1.29 is 9.18 Å². The maximum Gasteiger partial charge on any atom is 0.274 e. The first-order valence-electron chi connectivity index (χ1n) is 6.80. The molecule has 2 aromatic rings. The molecule has 1 N–H and O–H groups in total. The Bertz CT molecular complexity index is 663. The van der Waals surface area contributed by atoms with Gasteiger partial charge in [-0.2, -0.15) is 5.10 Å². The van der Waals surface area contributed by atoms with E-state index in [0.29, 0.717) is 6.42 Å². The predicted molar refractivity (Wildman–Crippen MR) is 81.9 cm³/mol. The van der Waals surface area contributed by atoms with Crippen LogP contribution in [0, 0.1) is 12.7 Å². The third-order valence-corrected chi connectivity index (χ3v) is 3.13. The zero-order valence-corrected chi connectivity index (χ0v) is 12.1. The van der Waals surface area contributed by atoms with Crippen molar-refractivity contribution in [1.29, 1.82) is 0 Å². The van der Waals surface area contributed by atoms with Crippen LogP contribution in [0.2, 0.25) is 0 Å². The maximum absolute atomic E-state index is 13.5. The van der Waals surface area contributed by atoms with Gasteiger partial charge in [0.1, 0.15) is 5.82 Å². The van der Waals surface area contributed by atoms with Crippen LogP contribution in [-0.4, -0.2) is 11.6 Å². The van der Waals surface area contributed by atoms with Gasteiger partial charge < -0.3 is 0 Å². The molecule has 0 unspecified atom stereocenters. The summed E-state index contributed by atoms with van der Waals surface area (Å²) in [7, 11) is 0. The molecular weight excluding hydrogens is 267 g/mol. The Hall–Kier alpha value is -2.49. The van der Waals surface area contributed by atoms with Gasteiger partial charge in [0.25, 0.3) is 5.91 Å². The summed E-state index contributed by atoms with van der Waals surface area (Å²) in [6.07, 6.45) is 0.667. The van der Waals surface area contributed by atoms with E-state index in [1.165, 1.54) is 12.1 Å². The SMILES string of the molecule is CC/C(=N\NC(=O)c1ccccc1F)c1ccc(C)cc1. The molecule has 0 heterocycles. The highest BCUT2D eigenvalue weighted by atomic mass is 19.1. The summed E-state index contributed by atoms with van der Waals surface area (Å²) in [5, 5.41) is 4.11. The molecule has 2 aromatic carbocycles. The first-order chi connectivity index (χ1) is 10.1. The number of halogens is 1. The van der Waals surface area contributed by atoms with Gasteiger partial charge in [0.05, 0.1) is 11.3 Å². The lowest BCUT2D eigenvalue weighted by molar-refractivity contribution is 0.0951. The van der Waals surface area contributed by atoms with E-state index in [4.69, 9.17) is 0 Å². The molecule has 0 saturated carbocycles. The number of hydrazone groups is 1. The van der Waals surface area contributed by atoms with Gasteiger partial charge in [-0.3, -0.25) is 4.79 Å². The number of nitrogens with zero attached hydrogens (tertiary/aromatic N) is 1. The highest BCUT2D eigenvalue weighted by molar-refractivity contribution is 6.02. The minimum absolute atomic E-state index is 0.0133. The average Bonchev–Trinajstić information content (AvgIpc) is 2.49. The largest absolute Gasteiger partial charge is 0.274 e. The van der Waals surface area contributed by atoms with Crippen molar-refractivity contribution in [3.63, 3.8) is 0 Å². The molecule has 0 atom stereocenters. The molecule has 1 amide bonds. The molecule has 4 heteroatoms. The zero-order valence-electron chi connectivity index (χ0n) is 12.1. The van der Waals surface area contributed by atoms with Gasteiger partial charge in [0, 0.05) is 0 Å². The van der Waals surface area contributed by atoms with Crippen LogP contribution in [0.15, 0.2) is 53.6 Å². The molecule has 0 aliphatic rings. The van der Waals surface area contributed by atoms with E-state index in [-0.39, 0.29) is 5.56 Å². The second-order valence-corrected chi connectivity index (χ2v) is 4.70. The van der Waals surface area contributed by atoms with Crippen LogP contribution < -0.4 is 5.43 Å². The van der Waals surface area contributed by atoms with Gasteiger partial charge in [-0.1, -0.05) is 48.9 Å². The topological polar surface area (TPSA) is 41.5 Å². The molecule has 0 saturated heterocycles. The number of nitrogens with one attached hydrogen (secondary N) is 1. The third kappa shape index (κ3) is 3.75. The Morgan fingerprint density at radius 2 is 1.81 bits per heavy atom. The lowest BCUT2D eigenvalue weighted by Crippen LogP contribution is -2.21. The summed E-state index contributed by atoms with van der Waals surface area (Å²) in [6, 6.07) is 13.7. The lowest BCUT2D eigenvalue weighted by atomic mass is 10.1. The molecule has 0 bridgehead atoms. The summed E-state index contributed by atoms with van der Waals surface area (Å²) in [4.78, 5) is 11.9. The van der Waals surface area contributed by atoms with E-state index in [1.807, 2.05) is 38.1 Å². The third-order valence-electron chi connectivity index (χ3n) is 3.13. The van der Waals surface area contributed by atoms with E-state index < -0.39 is 11.7 Å². The number of carbonyl (C=O) groups is 1. The van der Waals surface area contributed by atoms with Crippen molar-refractivity contribution in [3.8, 4) is 0 Å². The van der Waals surface area contributed by atoms with Gasteiger partial charge in [0.2, 0.25) is 0 Å². The molecule has 0 aliphatic carbocycles. The van der Waals surface area contributed by atoms with Crippen molar-refractivity contribution in [2.24, 2.45) is 5.10 Å². The molecule has 108 valence electrons. The minimum Gasteiger partial charge on any atom is -0.267 e. The van der Waals surface area contributed by atoms with E-state index in [0.717, 1.165) is 16.8 Å². The Balaban J connectivity index is 2.16. The second kappa shape index (κ2) is 6.79. The number of hydrogen-bond acceptors (Lipinski definition) is 2. The van der Waals surface area contributed by atoms with Gasteiger partial charge >= 0.3 is 0 Å². The van der Waals surface area contributed by atoms with E-state index in [9.17, 15) is 9.18 Å². The highest BCUT2D eigenvalue weighted by Gasteiger charge is 2.10. The lowest BCUT2D eigenvalue weighted by Gasteiger charge is -2.06. The smallest absolute Gasteiger partial charge is 0.267 e. The standard InChI is InChI=1S/C17H17FN2O/c1-3-16(13-10-8-12(2)9-11-13)19-20-17(21)14-6-4-5-7-15(14)18/h4-11H,3H2,1-2H3,(H,20,21)/b19-16+. The number of aryl methyl sites for hydroxylation is 1. The second-order valence-electron chi connectivity index (χ2n) is 4.70. The van der Waals surface area contributed by atoms with Gasteiger partial charge in [-0.05, 0) is 31.0 Å². The van der Waals surface area contributed by atoms with Crippen LogP contribution in [-0.2, 0) is 0 Å². The quantitative estimate of drug-likeness (QED) is 0.675. The Labute approximate surface area is 123 Å². The Kier molecular flexibility index (Phi) is 4.82. The van der Waals surface area contributed by atoms with Crippen LogP contribution in [0.5, 0.6) is 0 Å². The predicted octanol–water partition coefficient (Wildman–Crippen LogP) is 3.68. The Morgan fingerprint density at radius 1 is 1.14 bits per heavy atom. The van der Waals surface area contributed by atoms with Crippen molar-refractivity contribution in [1.82, 2.24) is 5.43 Å². The first kappa shape index (κ1) is 14.9. The molecule has 21 heavy (non-hydrogen) atoms. The summed E-state index contributed by atoms with van der Waals surface area (Å²) in [5.41, 5.74) is 5.25. The molecule has 0 spiro atoms. The molecule has 0 aliphatic heterocycles. The van der Waals surface area contributed by atoms with Crippen LogP contribution in [0.3, 0.4) is 0 Å². The minimum atomic E-state index is -0.557. The normalized spacial score (nSPS) is 11.3. The Morgan fingerprint density at radius 3 is 2.43 bits per heavy atom. The fraction of sp³-hybridized carbons (Fsp3) is 0.176. The summed E-state index contributed by atoms with van der Waals surface area (Å²) < 4.78 is 13.5. The van der Waals surface area contributed by atoms with Crippen LogP contribution in [0.4, 0.5) is 4.39 Å². The fourth-order valence-corrected chi connectivity index (χ4v) is 1.92. The summed E-state index contributed by atoms with van der Waals surface area (Å²) >= 11 is 0. The first-order valence-corrected chi connectivity index (χ1v) is 6.80. The zero-order chi connectivity index (χ0) is 15.2. The van der Waals surface area contributed by atoms with Crippen LogP contribution in [0.1, 0.15) is 34.8 Å². The number of hydrogen-bond donors (Lipinski definition) is 1. The van der Waals surface area contributed by atoms with Crippen molar-refractivity contribution in [3.05, 3.63) is 71.0 Å². The maximum atomic E-state index is 13.5. The number of amides is 1. The monoisotopic (exact) mass is 284 g/mol. The van der Waals surface area contributed by atoms with Crippen molar-refractivity contribution >= 4 is 11.6 Å². The molecule has 0 radical (unpaired) electrons. The molecule has 0 aromatic heterocycles. The van der Waals surface area contributed by atoms with Gasteiger partial charge in [0.15, 0.2) is 0 Å². The van der Waals surface area contributed by atoms with E-state index >= 15 is 0 Å². The van der Waals surface area contributed by atoms with Crippen molar-refractivity contribution in [2.75, 3.05) is 0 Å².